The smallest absolute Gasteiger partial charge is 0.248 e. The first-order chi connectivity index (χ1) is 12.0. The SMILES string of the molecule is CN(C)C(=O)COC[C@@H]1CN(CC2CCOCC2)Cc2nnn(C)c21. The van der Waals surface area contributed by atoms with Crippen molar-refractivity contribution in [1.29, 1.82) is 0 Å². The van der Waals surface area contributed by atoms with E-state index in [1.807, 2.05) is 11.7 Å². The zero-order valence-corrected chi connectivity index (χ0v) is 15.5. The van der Waals surface area contributed by atoms with Crippen molar-refractivity contribution >= 4 is 5.91 Å². The van der Waals surface area contributed by atoms with E-state index in [9.17, 15) is 4.79 Å². The summed E-state index contributed by atoms with van der Waals surface area (Å²) in [4.78, 5) is 15.7. The second-order valence-corrected chi connectivity index (χ2v) is 7.30. The van der Waals surface area contributed by atoms with Crippen LogP contribution in [-0.2, 0) is 27.9 Å². The number of ether oxygens (including phenoxy) is 2. The molecule has 0 aromatic carbocycles. The van der Waals surface area contributed by atoms with Crippen molar-refractivity contribution in [3.05, 3.63) is 11.4 Å². The minimum atomic E-state index is -0.0155. The van der Waals surface area contributed by atoms with Crippen molar-refractivity contribution in [1.82, 2.24) is 24.8 Å². The van der Waals surface area contributed by atoms with Crippen LogP contribution in [0.4, 0.5) is 0 Å². The van der Waals surface area contributed by atoms with Gasteiger partial charge in [-0.2, -0.15) is 0 Å². The highest BCUT2D eigenvalue weighted by molar-refractivity contribution is 5.76. The number of hydrogen-bond acceptors (Lipinski definition) is 6. The molecular formula is C17H29N5O3. The molecule has 2 aliphatic heterocycles. The van der Waals surface area contributed by atoms with Crippen LogP contribution in [0.25, 0.3) is 0 Å². The van der Waals surface area contributed by atoms with Gasteiger partial charge >= 0.3 is 0 Å². The molecule has 1 aromatic heterocycles. The van der Waals surface area contributed by atoms with Crippen LogP contribution in [0.2, 0.25) is 0 Å². The van der Waals surface area contributed by atoms with E-state index in [-0.39, 0.29) is 18.4 Å². The number of amides is 1. The summed E-state index contributed by atoms with van der Waals surface area (Å²) in [5.74, 6) is 0.862. The summed E-state index contributed by atoms with van der Waals surface area (Å²) in [7, 11) is 5.41. The van der Waals surface area contributed by atoms with E-state index in [1.165, 1.54) is 0 Å². The Morgan fingerprint density at radius 2 is 2.12 bits per heavy atom. The predicted octanol–water partition coefficient (Wildman–Crippen LogP) is 0.246. The van der Waals surface area contributed by atoms with E-state index < -0.39 is 0 Å². The highest BCUT2D eigenvalue weighted by Crippen LogP contribution is 2.28. The Kier molecular flexibility index (Phi) is 6.03. The minimum absolute atomic E-state index is 0.0155. The maximum Gasteiger partial charge on any atom is 0.248 e. The zero-order valence-electron chi connectivity index (χ0n) is 15.5. The maximum atomic E-state index is 11.7. The van der Waals surface area contributed by atoms with E-state index in [4.69, 9.17) is 9.47 Å². The number of aromatic nitrogens is 3. The molecule has 1 saturated heterocycles. The molecular weight excluding hydrogens is 322 g/mol. The Morgan fingerprint density at radius 3 is 2.84 bits per heavy atom. The predicted molar refractivity (Wildman–Crippen MR) is 92.1 cm³/mol. The summed E-state index contributed by atoms with van der Waals surface area (Å²) in [6, 6.07) is 0. The van der Waals surface area contributed by atoms with Gasteiger partial charge in [0.05, 0.1) is 12.3 Å². The Labute approximate surface area is 149 Å². The molecule has 1 aromatic rings. The van der Waals surface area contributed by atoms with Gasteiger partial charge in [-0.3, -0.25) is 14.4 Å². The molecule has 2 aliphatic rings. The van der Waals surface area contributed by atoms with Crippen LogP contribution in [0.3, 0.4) is 0 Å². The summed E-state index contributed by atoms with van der Waals surface area (Å²) in [6.07, 6.45) is 2.25. The van der Waals surface area contributed by atoms with Gasteiger partial charge in [0.15, 0.2) is 0 Å². The summed E-state index contributed by atoms with van der Waals surface area (Å²) in [5, 5.41) is 8.53. The van der Waals surface area contributed by atoms with Crippen LogP contribution >= 0.6 is 0 Å². The number of aryl methyl sites for hydroxylation is 1. The normalized spacial score (nSPS) is 22.0. The first-order valence-electron chi connectivity index (χ1n) is 9.01. The molecule has 0 unspecified atom stereocenters. The van der Waals surface area contributed by atoms with Gasteiger partial charge in [0, 0.05) is 59.9 Å². The van der Waals surface area contributed by atoms with Crippen LogP contribution in [0.15, 0.2) is 0 Å². The van der Waals surface area contributed by atoms with Crippen LogP contribution in [0.5, 0.6) is 0 Å². The Morgan fingerprint density at radius 1 is 1.36 bits per heavy atom. The van der Waals surface area contributed by atoms with Gasteiger partial charge in [-0.25, -0.2) is 0 Å². The molecule has 1 fully saturated rings. The zero-order chi connectivity index (χ0) is 17.8. The van der Waals surface area contributed by atoms with Crippen molar-refractivity contribution in [3.63, 3.8) is 0 Å². The first kappa shape index (κ1) is 18.3. The Balaban J connectivity index is 1.61. The van der Waals surface area contributed by atoms with Gasteiger partial charge in [-0.15, -0.1) is 5.10 Å². The van der Waals surface area contributed by atoms with Crippen molar-refractivity contribution in [2.75, 3.05) is 53.6 Å². The van der Waals surface area contributed by atoms with Crippen LogP contribution < -0.4 is 0 Å². The lowest BCUT2D eigenvalue weighted by molar-refractivity contribution is -0.133. The highest BCUT2D eigenvalue weighted by Gasteiger charge is 2.31. The number of likely N-dealkylation sites (N-methyl/N-ethyl adjacent to an activating group) is 1. The molecule has 3 rings (SSSR count). The summed E-state index contributed by atoms with van der Waals surface area (Å²) in [6.45, 7) is 5.19. The molecule has 8 heteroatoms. The van der Waals surface area contributed by atoms with Crippen molar-refractivity contribution in [2.24, 2.45) is 13.0 Å². The fraction of sp³-hybridized carbons (Fsp3) is 0.824. The van der Waals surface area contributed by atoms with Crippen LogP contribution in [-0.4, -0.2) is 84.3 Å². The number of fused-ring (bicyclic) bond motifs is 1. The van der Waals surface area contributed by atoms with Crippen LogP contribution in [0.1, 0.15) is 30.1 Å². The quantitative estimate of drug-likeness (QED) is 0.731. The van der Waals surface area contributed by atoms with E-state index in [1.54, 1.807) is 19.0 Å². The molecule has 140 valence electrons. The lowest BCUT2D eigenvalue weighted by atomic mass is 9.95. The van der Waals surface area contributed by atoms with E-state index >= 15 is 0 Å². The van der Waals surface area contributed by atoms with Crippen molar-refractivity contribution in [2.45, 2.75) is 25.3 Å². The fourth-order valence-electron chi connectivity index (χ4n) is 3.68. The lowest BCUT2D eigenvalue weighted by Gasteiger charge is -2.35. The molecule has 3 heterocycles. The number of hydrogen-bond donors (Lipinski definition) is 0. The average Bonchev–Trinajstić information content (AvgIpc) is 2.96. The molecule has 0 aliphatic carbocycles. The van der Waals surface area contributed by atoms with Gasteiger partial charge in [0.2, 0.25) is 5.91 Å². The fourth-order valence-corrected chi connectivity index (χ4v) is 3.68. The van der Waals surface area contributed by atoms with E-state index in [2.05, 4.69) is 15.2 Å². The molecule has 1 amide bonds. The topological polar surface area (TPSA) is 72.7 Å². The molecule has 0 bridgehead atoms. The number of carbonyl (C=O) groups excluding carboxylic acids is 1. The van der Waals surface area contributed by atoms with Gasteiger partial charge in [0.25, 0.3) is 0 Å². The highest BCUT2D eigenvalue weighted by atomic mass is 16.5. The number of carbonyl (C=O) groups is 1. The lowest BCUT2D eigenvalue weighted by Crippen LogP contribution is -2.40. The number of nitrogens with zero attached hydrogens (tertiary/aromatic N) is 5. The second kappa shape index (κ2) is 8.25. The van der Waals surface area contributed by atoms with Gasteiger partial charge in [-0.1, -0.05) is 5.21 Å². The molecule has 25 heavy (non-hydrogen) atoms. The van der Waals surface area contributed by atoms with Crippen molar-refractivity contribution in [3.8, 4) is 0 Å². The molecule has 1 atom stereocenters. The third kappa shape index (κ3) is 4.56. The summed E-state index contributed by atoms with van der Waals surface area (Å²) < 4.78 is 13.0. The monoisotopic (exact) mass is 351 g/mol. The van der Waals surface area contributed by atoms with Gasteiger partial charge < -0.3 is 14.4 Å². The Bertz CT molecular complexity index is 583. The number of rotatable bonds is 6. The third-order valence-corrected chi connectivity index (χ3v) is 5.08. The summed E-state index contributed by atoms with van der Waals surface area (Å²) >= 11 is 0. The molecule has 0 radical (unpaired) electrons. The first-order valence-corrected chi connectivity index (χ1v) is 9.01. The van der Waals surface area contributed by atoms with Crippen molar-refractivity contribution < 1.29 is 14.3 Å². The summed E-state index contributed by atoms with van der Waals surface area (Å²) in [5.41, 5.74) is 2.17. The average molecular weight is 351 g/mol. The molecule has 0 spiro atoms. The molecule has 8 nitrogen and oxygen atoms in total. The molecule has 0 saturated carbocycles. The Hall–Kier alpha value is -1.51. The maximum absolute atomic E-state index is 11.7. The second-order valence-electron chi connectivity index (χ2n) is 7.30. The molecule has 0 N–H and O–H groups in total. The van der Waals surface area contributed by atoms with Gasteiger partial charge in [-0.05, 0) is 18.8 Å². The van der Waals surface area contributed by atoms with E-state index in [0.717, 1.165) is 57.1 Å². The standard InChI is InChI=1S/C17H29N5O3/c1-20(2)16(23)12-25-11-14-9-22(8-13-4-6-24-7-5-13)10-15-17(14)21(3)19-18-15/h13-14H,4-12H2,1-3H3/t14-/m0/s1. The van der Waals surface area contributed by atoms with E-state index in [0.29, 0.717) is 12.5 Å². The van der Waals surface area contributed by atoms with Crippen LogP contribution in [0, 0.1) is 5.92 Å². The van der Waals surface area contributed by atoms with Gasteiger partial charge in [0.1, 0.15) is 12.3 Å². The largest absolute Gasteiger partial charge is 0.381 e. The minimum Gasteiger partial charge on any atom is -0.381 e. The third-order valence-electron chi connectivity index (χ3n) is 5.08.